The molecule has 6 heteroatoms. The van der Waals surface area contributed by atoms with Gasteiger partial charge in [-0.3, -0.25) is 9.59 Å². The van der Waals surface area contributed by atoms with Crippen molar-refractivity contribution in [3.63, 3.8) is 0 Å². The molecule has 0 aromatic heterocycles. The second-order valence-corrected chi connectivity index (χ2v) is 5.17. The molecule has 2 rings (SSSR count). The predicted molar refractivity (Wildman–Crippen MR) is 68.6 cm³/mol. The molecule has 19 heavy (non-hydrogen) atoms. The molecule has 6 nitrogen and oxygen atoms in total. The minimum Gasteiger partial charge on any atom is -0.462 e. The average Bonchev–Trinajstić information content (AvgIpc) is 3.26. The molecule has 1 atom stereocenters. The van der Waals surface area contributed by atoms with Gasteiger partial charge in [0.05, 0.1) is 12.8 Å². The second-order valence-electron chi connectivity index (χ2n) is 5.17. The van der Waals surface area contributed by atoms with Gasteiger partial charge in [0.25, 0.3) is 0 Å². The summed E-state index contributed by atoms with van der Waals surface area (Å²) in [6.07, 6.45) is 0.454. The van der Waals surface area contributed by atoms with E-state index >= 15 is 0 Å². The van der Waals surface area contributed by atoms with E-state index in [2.05, 4.69) is 9.80 Å². The highest BCUT2D eigenvalue weighted by Crippen LogP contribution is 2.06. The number of esters is 2. The lowest BCUT2D eigenvalue weighted by atomic mass is 10.4. The molecular weight excluding hydrogens is 248 g/mol. The fourth-order valence-corrected chi connectivity index (χ4v) is 1.69. The Hall–Kier alpha value is -1.14. The molecule has 1 unspecified atom stereocenters. The molecule has 2 aliphatic rings. The van der Waals surface area contributed by atoms with Crippen LogP contribution in [-0.4, -0.2) is 73.7 Å². The molecule has 0 saturated carbocycles. The number of carbonyl (C=O) groups is 2. The molecule has 2 aliphatic heterocycles. The lowest BCUT2D eigenvalue weighted by molar-refractivity contribution is -0.158. The molecule has 0 aliphatic carbocycles. The van der Waals surface area contributed by atoms with Crippen LogP contribution in [0.25, 0.3) is 0 Å². The van der Waals surface area contributed by atoms with Gasteiger partial charge in [-0.25, -0.2) is 0 Å². The first kappa shape index (κ1) is 14.3. The maximum atomic E-state index is 11.5. The van der Waals surface area contributed by atoms with Crippen LogP contribution in [0.1, 0.15) is 19.8 Å². The standard InChI is InChI=1S/C13H22N2O4/c1-11(19-13(17)3-5-15-8-9-15)10-18-12(16)2-4-14-6-7-14/h11H,2-10H2,1H3. The van der Waals surface area contributed by atoms with E-state index in [1.807, 2.05) is 0 Å². The van der Waals surface area contributed by atoms with Gasteiger partial charge in [0.1, 0.15) is 12.7 Å². The molecule has 0 amide bonds. The zero-order valence-electron chi connectivity index (χ0n) is 11.5. The van der Waals surface area contributed by atoms with Crippen molar-refractivity contribution in [2.75, 3.05) is 45.9 Å². The van der Waals surface area contributed by atoms with Crippen LogP contribution in [0.4, 0.5) is 0 Å². The lowest BCUT2D eigenvalue weighted by Gasteiger charge is -2.13. The number of hydrogen-bond acceptors (Lipinski definition) is 6. The van der Waals surface area contributed by atoms with E-state index < -0.39 is 0 Å². The Morgan fingerprint density at radius 1 is 1.00 bits per heavy atom. The summed E-state index contributed by atoms with van der Waals surface area (Å²) in [6.45, 7) is 7.75. The Morgan fingerprint density at radius 3 is 2.05 bits per heavy atom. The number of carbonyl (C=O) groups excluding carboxylic acids is 2. The van der Waals surface area contributed by atoms with Crippen molar-refractivity contribution in [1.82, 2.24) is 9.80 Å². The van der Waals surface area contributed by atoms with Crippen LogP contribution in [0.2, 0.25) is 0 Å². The van der Waals surface area contributed by atoms with Crippen LogP contribution < -0.4 is 0 Å². The smallest absolute Gasteiger partial charge is 0.307 e. The summed E-state index contributed by atoms with van der Waals surface area (Å²) < 4.78 is 10.2. The molecule has 0 bridgehead atoms. The van der Waals surface area contributed by atoms with E-state index in [4.69, 9.17) is 9.47 Å². The molecule has 2 heterocycles. The third kappa shape index (κ3) is 6.54. The molecular formula is C13H22N2O4. The first-order chi connectivity index (χ1) is 9.13. The highest BCUT2D eigenvalue weighted by atomic mass is 16.6. The van der Waals surface area contributed by atoms with E-state index in [1.54, 1.807) is 6.92 Å². The number of hydrogen-bond donors (Lipinski definition) is 0. The molecule has 0 radical (unpaired) electrons. The minimum absolute atomic E-state index is 0.147. The molecule has 0 N–H and O–H groups in total. The van der Waals surface area contributed by atoms with Gasteiger partial charge in [-0.15, -0.1) is 0 Å². The first-order valence-electron chi connectivity index (χ1n) is 6.93. The minimum atomic E-state index is -0.369. The van der Waals surface area contributed by atoms with Crippen LogP contribution in [0.3, 0.4) is 0 Å². The Labute approximate surface area is 113 Å². The van der Waals surface area contributed by atoms with Crippen molar-refractivity contribution in [2.24, 2.45) is 0 Å². The molecule has 0 spiro atoms. The van der Waals surface area contributed by atoms with E-state index in [0.717, 1.165) is 39.3 Å². The lowest BCUT2D eigenvalue weighted by Crippen LogP contribution is -2.24. The fraction of sp³-hybridized carbons (Fsp3) is 0.846. The topological polar surface area (TPSA) is 58.6 Å². The second kappa shape index (κ2) is 6.86. The Bertz CT molecular complexity index is 327. The van der Waals surface area contributed by atoms with Crippen LogP contribution in [0.5, 0.6) is 0 Å². The summed E-state index contributed by atoms with van der Waals surface area (Å²) in [5.74, 6) is -0.446. The number of nitrogens with zero attached hydrogens (tertiary/aromatic N) is 2. The largest absolute Gasteiger partial charge is 0.462 e. The predicted octanol–water partition coefficient (Wildman–Crippen LogP) is -0.127. The summed E-state index contributed by atoms with van der Waals surface area (Å²) in [4.78, 5) is 27.2. The first-order valence-corrected chi connectivity index (χ1v) is 6.93. The maximum absolute atomic E-state index is 11.5. The van der Waals surface area contributed by atoms with Crippen molar-refractivity contribution >= 4 is 11.9 Å². The summed E-state index contributed by atoms with van der Waals surface area (Å²) in [7, 11) is 0. The highest BCUT2D eigenvalue weighted by Gasteiger charge is 2.20. The molecule has 2 fully saturated rings. The van der Waals surface area contributed by atoms with Gasteiger partial charge < -0.3 is 19.3 Å². The molecule has 108 valence electrons. The number of rotatable bonds is 9. The van der Waals surface area contributed by atoms with Crippen molar-refractivity contribution in [3.8, 4) is 0 Å². The SMILES string of the molecule is CC(COC(=O)CCN1CC1)OC(=O)CCN1CC1. The van der Waals surface area contributed by atoms with Crippen LogP contribution in [-0.2, 0) is 19.1 Å². The van der Waals surface area contributed by atoms with Crippen molar-refractivity contribution in [1.29, 1.82) is 0 Å². The van der Waals surface area contributed by atoms with Gasteiger partial charge in [-0.05, 0) is 6.92 Å². The summed E-state index contributed by atoms with van der Waals surface area (Å²) in [5.41, 5.74) is 0. The fourth-order valence-electron chi connectivity index (χ4n) is 1.69. The van der Waals surface area contributed by atoms with Gasteiger partial charge in [0.2, 0.25) is 0 Å². The summed E-state index contributed by atoms with van der Waals surface area (Å²) in [5, 5.41) is 0. The van der Waals surface area contributed by atoms with E-state index in [0.29, 0.717) is 12.8 Å². The normalized spacial score (nSPS) is 19.8. The average molecular weight is 270 g/mol. The highest BCUT2D eigenvalue weighted by molar-refractivity contribution is 5.70. The van der Waals surface area contributed by atoms with Gasteiger partial charge in [0, 0.05) is 39.3 Å². The summed E-state index contributed by atoms with van der Waals surface area (Å²) >= 11 is 0. The van der Waals surface area contributed by atoms with Gasteiger partial charge in [-0.1, -0.05) is 0 Å². The Balaban J connectivity index is 1.48. The van der Waals surface area contributed by atoms with Crippen molar-refractivity contribution < 1.29 is 19.1 Å². The van der Waals surface area contributed by atoms with Gasteiger partial charge >= 0.3 is 11.9 Å². The van der Waals surface area contributed by atoms with Crippen molar-refractivity contribution in [2.45, 2.75) is 25.9 Å². The van der Waals surface area contributed by atoms with Crippen LogP contribution >= 0.6 is 0 Å². The monoisotopic (exact) mass is 270 g/mol. The van der Waals surface area contributed by atoms with Crippen LogP contribution in [0.15, 0.2) is 0 Å². The summed E-state index contributed by atoms with van der Waals surface area (Å²) in [6, 6.07) is 0. The maximum Gasteiger partial charge on any atom is 0.307 e. The zero-order chi connectivity index (χ0) is 13.7. The number of ether oxygens (including phenoxy) is 2. The zero-order valence-corrected chi connectivity index (χ0v) is 11.5. The quantitative estimate of drug-likeness (QED) is 0.430. The van der Waals surface area contributed by atoms with Crippen molar-refractivity contribution in [3.05, 3.63) is 0 Å². The van der Waals surface area contributed by atoms with Gasteiger partial charge in [0.15, 0.2) is 0 Å². The van der Waals surface area contributed by atoms with Gasteiger partial charge in [-0.2, -0.15) is 0 Å². The molecule has 0 aromatic carbocycles. The Morgan fingerprint density at radius 2 is 1.53 bits per heavy atom. The molecule has 2 saturated heterocycles. The third-order valence-corrected chi connectivity index (χ3v) is 3.16. The molecule has 0 aromatic rings. The van der Waals surface area contributed by atoms with E-state index in [9.17, 15) is 9.59 Å². The van der Waals surface area contributed by atoms with E-state index in [-0.39, 0.29) is 24.6 Å². The van der Waals surface area contributed by atoms with Crippen LogP contribution in [0, 0.1) is 0 Å². The van der Waals surface area contributed by atoms with E-state index in [1.165, 1.54) is 0 Å². The third-order valence-electron chi connectivity index (χ3n) is 3.16. The Kier molecular flexibility index (Phi) is 5.15.